The van der Waals surface area contributed by atoms with E-state index < -0.39 is 0 Å². The van der Waals surface area contributed by atoms with Crippen LogP contribution < -0.4 is 5.32 Å². The summed E-state index contributed by atoms with van der Waals surface area (Å²) in [6.07, 6.45) is 0. The van der Waals surface area contributed by atoms with Crippen molar-refractivity contribution in [1.29, 1.82) is 0 Å². The summed E-state index contributed by atoms with van der Waals surface area (Å²) in [5.41, 5.74) is 1.12. The van der Waals surface area contributed by atoms with Gasteiger partial charge in [-0.2, -0.15) is 0 Å². The average Bonchev–Trinajstić information content (AvgIpc) is 2.83. The Labute approximate surface area is 112 Å². The molecule has 0 aliphatic carbocycles. The van der Waals surface area contributed by atoms with Gasteiger partial charge in [0.1, 0.15) is 5.01 Å². The molecule has 0 aliphatic rings. The average molecular weight is 317 g/mol. The van der Waals surface area contributed by atoms with Crippen molar-refractivity contribution >= 4 is 38.6 Å². The Morgan fingerprint density at radius 1 is 1.44 bits per heavy atom. The Morgan fingerprint density at radius 2 is 2.25 bits per heavy atom. The van der Waals surface area contributed by atoms with Crippen molar-refractivity contribution in [3.63, 3.8) is 0 Å². The lowest BCUT2D eigenvalue weighted by Gasteiger charge is -2.04. The molecule has 0 atom stereocenters. The van der Waals surface area contributed by atoms with Crippen LogP contribution in [0.2, 0.25) is 0 Å². The highest BCUT2D eigenvalue weighted by molar-refractivity contribution is 9.11. The van der Waals surface area contributed by atoms with E-state index >= 15 is 0 Å². The van der Waals surface area contributed by atoms with E-state index in [0.29, 0.717) is 6.04 Å². The number of hydrogen-bond donors (Lipinski definition) is 1. The summed E-state index contributed by atoms with van der Waals surface area (Å²) in [7, 11) is 0. The molecule has 0 aliphatic heterocycles. The number of halogens is 1. The Morgan fingerprint density at radius 3 is 2.88 bits per heavy atom. The van der Waals surface area contributed by atoms with E-state index in [2.05, 4.69) is 57.6 Å². The van der Waals surface area contributed by atoms with Gasteiger partial charge in [0.15, 0.2) is 0 Å². The van der Waals surface area contributed by atoms with Gasteiger partial charge >= 0.3 is 0 Å². The molecule has 2 aromatic heterocycles. The van der Waals surface area contributed by atoms with Crippen molar-refractivity contribution in [3.8, 4) is 9.88 Å². The molecular weight excluding hydrogens is 304 g/mol. The van der Waals surface area contributed by atoms with Gasteiger partial charge in [-0.1, -0.05) is 13.8 Å². The second-order valence-electron chi connectivity index (χ2n) is 3.78. The highest BCUT2D eigenvalue weighted by Gasteiger charge is 2.07. The topological polar surface area (TPSA) is 24.9 Å². The molecule has 2 nitrogen and oxygen atoms in total. The molecule has 5 heteroatoms. The summed E-state index contributed by atoms with van der Waals surface area (Å²) < 4.78 is 1.15. The van der Waals surface area contributed by atoms with E-state index in [1.807, 2.05) is 0 Å². The fourth-order valence-electron chi connectivity index (χ4n) is 1.24. The van der Waals surface area contributed by atoms with Crippen LogP contribution in [-0.4, -0.2) is 11.0 Å². The first-order chi connectivity index (χ1) is 7.65. The van der Waals surface area contributed by atoms with Crippen molar-refractivity contribution in [2.45, 2.75) is 26.4 Å². The summed E-state index contributed by atoms with van der Waals surface area (Å²) in [4.78, 5) is 5.84. The maximum Gasteiger partial charge on any atom is 0.133 e. The number of thiazole rings is 1. The normalized spacial score (nSPS) is 11.2. The Kier molecular flexibility index (Phi) is 4.13. The molecular formula is C11H13BrN2S2. The van der Waals surface area contributed by atoms with Crippen LogP contribution >= 0.6 is 38.6 Å². The smallest absolute Gasteiger partial charge is 0.133 e. The molecule has 0 amide bonds. The maximum atomic E-state index is 4.61. The standard InChI is InChI=1S/C11H13BrN2S2/c1-7(2)13-5-8-6-15-11(14-8)9-3-4-10(12)16-9/h3-4,6-7,13H,5H2,1-2H3. The molecule has 16 heavy (non-hydrogen) atoms. The van der Waals surface area contributed by atoms with Gasteiger partial charge in [0.2, 0.25) is 0 Å². The van der Waals surface area contributed by atoms with Gasteiger partial charge in [0, 0.05) is 18.0 Å². The van der Waals surface area contributed by atoms with Gasteiger partial charge in [-0.3, -0.25) is 0 Å². The number of rotatable bonds is 4. The second-order valence-corrected chi connectivity index (χ2v) is 7.10. The summed E-state index contributed by atoms with van der Waals surface area (Å²) in [6.45, 7) is 5.13. The van der Waals surface area contributed by atoms with Crippen molar-refractivity contribution in [2.75, 3.05) is 0 Å². The predicted molar refractivity (Wildman–Crippen MR) is 75.1 cm³/mol. The van der Waals surface area contributed by atoms with Crippen molar-refractivity contribution < 1.29 is 0 Å². The zero-order valence-corrected chi connectivity index (χ0v) is 12.4. The van der Waals surface area contributed by atoms with Crippen LogP contribution in [0.1, 0.15) is 19.5 Å². The minimum atomic E-state index is 0.501. The summed E-state index contributed by atoms with van der Waals surface area (Å²) >= 11 is 6.90. The Hall–Kier alpha value is -0.230. The van der Waals surface area contributed by atoms with Crippen LogP contribution in [0.4, 0.5) is 0 Å². The number of nitrogens with one attached hydrogen (secondary N) is 1. The highest BCUT2D eigenvalue weighted by Crippen LogP contribution is 2.33. The highest BCUT2D eigenvalue weighted by atomic mass is 79.9. The predicted octanol–water partition coefficient (Wildman–Crippen LogP) is 4.13. The van der Waals surface area contributed by atoms with Crippen molar-refractivity contribution in [1.82, 2.24) is 10.3 Å². The molecule has 0 fully saturated rings. The molecule has 86 valence electrons. The molecule has 0 bridgehead atoms. The molecule has 1 N–H and O–H groups in total. The summed E-state index contributed by atoms with van der Waals surface area (Å²) in [5, 5.41) is 6.60. The number of thiophene rings is 1. The number of aromatic nitrogens is 1. The summed E-state index contributed by atoms with van der Waals surface area (Å²) in [5.74, 6) is 0. The van der Waals surface area contributed by atoms with Crippen LogP contribution in [-0.2, 0) is 6.54 Å². The molecule has 0 unspecified atom stereocenters. The second kappa shape index (κ2) is 5.40. The van der Waals surface area contributed by atoms with Gasteiger partial charge in [-0.25, -0.2) is 4.98 Å². The quantitative estimate of drug-likeness (QED) is 0.917. The van der Waals surface area contributed by atoms with E-state index in [1.54, 1.807) is 22.7 Å². The molecule has 0 aromatic carbocycles. The largest absolute Gasteiger partial charge is 0.309 e. The SMILES string of the molecule is CC(C)NCc1csc(-c2ccc(Br)s2)n1. The molecule has 0 radical (unpaired) electrons. The molecule has 2 heterocycles. The van der Waals surface area contributed by atoms with Gasteiger partial charge in [0.05, 0.1) is 14.4 Å². The monoisotopic (exact) mass is 316 g/mol. The third-order valence-electron chi connectivity index (χ3n) is 2.03. The zero-order chi connectivity index (χ0) is 11.5. The van der Waals surface area contributed by atoms with E-state index in [4.69, 9.17) is 0 Å². The lowest BCUT2D eigenvalue weighted by molar-refractivity contribution is 0.583. The lowest BCUT2D eigenvalue weighted by atomic mass is 10.3. The van der Waals surface area contributed by atoms with Gasteiger partial charge in [0.25, 0.3) is 0 Å². The fourth-order valence-corrected chi connectivity index (χ4v) is 3.52. The summed E-state index contributed by atoms with van der Waals surface area (Å²) in [6, 6.07) is 4.67. The van der Waals surface area contributed by atoms with Crippen LogP contribution in [0.15, 0.2) is 21.3 Å². The molecule has 0 spiro atoms. The molecule has 2 aromatic rings. The van der Waals surface area contributed by atoms with E-state index in [-0.39, 0.29) is 0 Å². The Balaban J connectivity index is 2.07. The lowest BCUT2D eigenvalue weighted by Crippen LogP contribution is -2.21. The van der Waals surface area contributed by atoms with Crippen molar-refractivity contribution in [2.24, 2.45) is 0 Å². The minimum absolute atomic E-state index is 0.501. The molecule has 2 rings (SSSR count). The van der Waals surface area contributed by atoms with Crippen LogP contribution in [0, 0.1) is 0 Å². The van der Waals surface area contributed by atoms with Gasteiger partial charge in [-0.05, 0) is 28.1 Å². The van der Waals surface area contributed by atoms with E-state index in [0.717, 1.165) is 21.0 Å². The van der Waals surface area contributed by atoms with Crippen LogP contribution in [0.25, 0.3) is 9.88 Å². The zero-order valence-electron chi connectivity index (χ0n) is 9.16. The fraction of sp³-hybridized carbons (Fsp3) is 0.364. The maximum absolute atomic E-state index is 4.61. The van der Waals surface area contributed by atoms with Gasteiger partial charge < -0.3 is 5.32 Å². The van der Waals surface area contributed by atoms with Crippen molar-refractivity contribution in [3.05, 3.63) is 27.0 Å². The third-order valence-corrected chi connectivity index (χ3v) is 4.71. The van der Waals surface area contributed by atoms with Crippen LogP contribution in [0.5, 0.6) is 0 Å². The molecule has 0 saturated heterocycles. The first-order valence-electron chi connectivity index (χ1n) is 5.08. The first-order valence-corrected chi connectivity index (χ1v) is 7.57. The number of nitrogens with zero attached hydrogens (tertiary/aromatic N) is 1. The third kappa shape index (κ3) is 3.13. The molecule has 0 saturated carbocycles. The van der Waals surface area contributed by atoms with Crippen LogP contribution in [0.3, 0.4) is 0 Å². The van der Waals surface area contributed by atoms with E-state index in [1.165, 1.54) is 4.88 Å². The minimum Gasteiger partial charge on any atom is -0.309 e. The first kappa shape index (κ1) is 12.2. The van der Waals surface area contributed by atoms with Gasteiger partial charge in [-0.15, -0.1) is 22.7 Å². The number of hydrogen-bond acceptors (Lipinski definition) is 4. The van der Waals surface area contributed by atoms with E-state index in [9.17, 15) is 0 Å². The Bertz CT molecular complexity index is 462.